The number of carbonyl (C=O) groups is 2. The Morgan fingerprint density at radius 1 is 1.08 bits per heavy atom. The summed E-state index contributed by atoms with van der Waals surface area (Å²) in [5.41, 5.74) is 0.974. The molecule has 2 rings (SSSR count). The number of hydrogen-bond acceptors (Lipinski definition) is 3. The second-order valence-electron chi connectivity index (χ2n) is 4.87. The van der Waals surface area contributed by atoms with Crippen molar-refractivity contribution in [1.29, 1.82) is 0 Å². The highest BCUT2D eigenvalue weighted by Crippen LogP contribution is 2.25. The predicted octanol–water partition coefficient (Wildman–Crippen LogP) is 4.79. The van der Waals surface area contributed by atoms with Crippen LogP contribution in [0.3, 0.4) is 0 Å². The average molecular weight is 364 g/mol. The van der Waals surface area contributed by atoms with Gasteiger partial charge in [-0.15, -0.1) is 0 Å². The zero-order valence-corrected chi connectivity index (χ0v) is 14.3. The maximum absolute atomic E-state index is 12.6. The van der Waals surface area contributed by atoms with Gasteiger partial charge >= 0.3 is 5.97 Å². The van der Waals surface area contributed by atoms with E-state index in [-0.39, 0.29) is 0 Å². The van der Waals surface area contributed by atoms with Crippen LogP contribution in [0.4, 0.5) is 5.69 Å². The first-order chi connectivity index (χ1) is 11.5. The summed E-state index contributed by atoms with van der Waals surface area (Å²) in [4.78, 5) is 24.3. The third-order valence-electron chi connectivity index (χ3n) is 3.01. The minimum atomic E-state index is -1.09. The van der Waals surface area contributed by atoms with E-state index < -0.39 is 18.0 Å². The molecule has 2 aromatic rings. The zero-order valence-electron chi connectivity index (χ0n) is 12.8. The molecule has 0 bridgehead atoms. The van der Waals surface area contributed by atoms with E-state index in [1.54, 1.807) is 55.5 Å². The number of halogens is 2. The molecule has 0 fully saturated rings. The Balaban J connectivity index is 2.25. The maximum atomic E-state index is 12.6. The summed E-state index contributed by atoms with van der Waals surface area (Å²) < 4.78 is 5.27. The van der Waals surface area contributed by atoms with Gasteiger partial charge in [0, 0.05) is 27.4 Å². The number of ether oxygens (including phenoxy) is 1. The zero-order chi connectivity index (χ0) is 17.5. The fourth-order valence-electron chi connectivity index (χ4n) is 2.03. The molecule has 0 saturated heterocycles. The Hall–Kier alpha value is -2.30. The number of hydrogen-bond donors (Lipinski definition) is 1. The summed E-state index contributed by atoms with van der Waals surface area (Å²) in [7, 11) is 0. The highest BCUT2D eigenvalue weighted by atomic mass is 35.5. The summed E-state index contributed by atoms with van der Waals surface area (Å²) in [5.74, 6) is -1.11. The lowest BCUT2D eigenvalue weighted by molar-refractivity contribution is -0.149. The van der Waals surface area contributed by atoms with Gasteiger partial charge in [-0.2, -0.15) is 0 Å². The molecular formula is C18H15Cl2NO3. The van der Waals surface area contributed by atoms with Gasteiger partial charge in [0.25, 0.3) is 5.91 Å². The van der Waals surface area contributed by atoms with E-state index in [0.29, 0.717) is 21.3 Å². The van der Waals surface area contributed by atoms with Crippen LogP contribution in [0.5, 0.6) is 0 Å². The number of allylic oxidation sites excluding steroid dienone is 1. The molecule has 1 atom stereocenters. The molecule has 2 aromatic carbocycles. The van der Waals surface area contributed by atoms with Gasteiger partial charge in [-0.3, -0.25) is 4.79 Å². The summed E-state index contributed by atoms with van der Waals surface area (Å²) in [6, 6.07) is 13.4. The van der Waals surface area contributed by atoms with Crippen molar-refractivity contribution in [3.63, 3.8) is 0 Å². The number of rotatable bonds is 5. The summed E-state index contributed by atoms with van der Waals surface area (Å²) in [6.07, 6.45) is 1.70. The van der Waals surface area contributed by atoms with Crippen molar-refractivity contribution in [2.24, 2.45) is 0 Å². The topological polar surface area (TPSA) is 55.4 Å². The van der Waals surface area contributed by atoms with Crippen molar-refractivity contribution in [2.75, 3.05) is 5.32 Å². The van der Waals surface area contributed by atoms with Crippen molar-refractivity contribution < 1.29 is 14.3 Å². The Morgan fingerprint density at radius 2 is 1.71 bits per heavy atom. The minimum Gasteiger partial charge on any atom is -0.444 e. The third kappa shape index (κ3) is 5.11. The molecule has 1 amide bonds. The van der Waals surface area contributed by atoms with E-state index in [4.69, 9.17) is 27.9 Å². The largest absolute Gasteiger partial charge is 0.444 e. The van der Waals surface area contributed by atoms with Crippen molar-refractivity contribution >= 4 is 40.8 Å². The van der Waals surface area contributed by atoms with E-state index >= 15 is 0 Å². The summed E-state index contributed by atoms with van der Waals surface area (Å²) in [6.45, 7) is 1.69. The van der Waals surface area contributed by atoms with Gasteiger partial charge in [0.15, 0.2) is 0 Å². The second-order valence-corrected chi connectivity index (χ2v) is 5.75. The van der Waals surface area contributed by atoms with E-state index in [2.05, 4.69) is 5.32 Å². The van der Waals surface area contributed by atoms with Crippen molar-refractivity contribution in [2.45, 2.75) is 13.0 Å². The van der Waals surface area contributed by atoms with Crippen LogP contribution >= 0.6 is 23.2 Å². The van der Waals surface area contributed by atoms with Gasteiger partial charge in [0.2, 0.25) is 6.10 Å². The van der Waals surface area contributed by atoms with Crippen molar-refractivity contribution in [1.82, 2.24) is 0 Å². The molecule has 0 spiro atoms. The first kappa shape index (κ1) is 18.0. The number of benzene rings is 2. The van der Waals surface area contributed by atoms with Gasteiger partial charge < -0.3 is 10.1 Å². The first-order valence-electron chi connectivity index (χ1n) is 7.15. The number of carbonyl (C=O) groups excluding carboxylic acids is 2. The third-order valence-corrected chi connectivity index (χ3v) is 3.44. The highest BCUT2D eigenvalue weighted by molar-refractivity contribution is 6.35. The standard InChI is InChI=1S/C18H15Cl2NO3/c1-2-6-16(22)24-17(12-7-4-3-5-8-12)18(23)21-15-10-13(19)9-14(20)11-15/h2-11,17H,1H3,(H,21,23)/b6-2+/t17-/m1/s1. The van der Waals surface area contributed by atoms with Gasteiger partial charge in [0.1, 0.15) is 0 Å². The minimum absolute atomic E-state index is 0.389. The van der Waals surface area contributed by atoms with Crippen LogP contribution in [-0.4, -0.2) is 11.9 Å². The molecule has 0 radical (unpaired) electrons. The van der Waals surface area contributed by atoms with Gasteiger partial charge in [-0.1, -0.05) is 59.6 Å². The maximum Gasteiger partial charge on any atom is 0.331 e. The van der Waals surface area contributed by atoms with Crippen LogP contribution in [0.15, 0.2) is 60.7 Å². The molecule has 0 aliphatic heterocycles. The second kappa shape index (κ2) is 8.52. The van der Waals surface area contributed by atoms with Gasteiger partial charge in [-0.25, -0.2) is 4.79 Å². The highest BCUT2D eigenvalue weighted by Gasteiger charge is 2.24. The molecule has 4 nitrogen and oxygen atoms in total. The van der Waals surface area contributed by atoms with E-state index in [1.165, 1.54) is 6.08 Å². The Bertz CT molecular complexity index is 740. The number of amides is 1. The Morgan fingerprint density at radius 3 is 2.29 bits per heavy atom. The van der Waals surface area contributed by atoms with Crippen LogP contribution < -0.4 is 5.32 Å². The monoisotopic (exact) mass is 363 g/mol. The molecular weight excluding hydrogens is 349 g/mol. The van der Waals surface area contributed by atoms with Crippen LogP contribution in [0.1, 0.15) is 18.6 Å². The van der Waals surface area contributed by atoms with Crippen LogP contribution in [0.2, 0.25) is 10.0 Å². The lowest BCUT2D eigenvalue weighted by Crippen LogP contribution is -2.25. The summed E-state index contributed by atoms with van der Waals surface area (Å²) in [5, 5.41) is 3.44. The molecule has 124 valence electrons. The molecule has 0 aliphatic carbocycles. The fourth-order valence-corrected chi connectivity index (χ4v) is 2.55. The molecule has 0 saturated carbocycles. The van der Waals surface area contributed by atoms with E-state index in [1.807, 2.05) is 6.07 Å². The van der Waals surface area contributed by atoms with Crippen LogP contribution in [-0.2, 0) is 14.3 Å². The quantitative estimate of drug-likeness (QED) is 0.613. The molecule has 6 heteroatoms. The number of esters is 1. The lowest BCUT2D eigenvalue weighted by atomic mass is 10.1. The van der Waals surface area contributed by atoms with E-state index in [0.717, 1.165) is 0 Å². The Kier molecular flexibility index (Phi) is 6.41. The van der Waals surface area contributed by atoms with Crippen molar-refractivity contribution in [3.05, 3.63) is 76.3 Å². The first-order valence-corrected chi connectivity index (χ1v) is 7.90. The van der Waals surface area contributed by atoms with Gasteiger partial charge in [-0.05, 0) is 25.1 Å². The average Bonchev–Trinajstić information content (AvgIpc) is 2.52. The molecule has 0 aliphatic rings. The number of anilines is 1. The van der Waals surface area contributed by atoms with Crippen molar-refractivity contribution in [3.8, 4) is 0 Å². The molecule has 0 unspecified atom stereocenters. The summed E-state index contributed by atoms with van der Waals surface area (Å²) >= 11 is 11.9. The smallest absolute Gasteiger partial charge is 0.331 e. The lowest BCUT2D eigenvalue weighted by Gasteiger charge is -2.17. The SMILES string of the molecule is C/C=C/C(=O)O[C@@H](C(=O)Nc1cc(Cl)cc(Cl)c1)c1ccccc1. The van der Waals surface area contributed by atoms with E-state index in [9.17, 15) is 9.59 Å². The molecule has 1 N–H and O–H groups in total. The Labute approximate surface area is 150 Å². The number of nitrogens with one attached hydrogen (secondary N) is 1. The van der Waals surface area contributed by atoms with Crippen LogP contribution in [0.25, 0.3) is 0 Å². The van der Waals surface area contributed by atoms with Crippen LogP contribution in [0, 0.1) is 0 Å². The molecule has 0 heterocycles. The fraction of sp³-hybridized carbons (Fsp3) is 0.111. The molecule has 24 heavy (non-hydrogen) atoms. The van der Waals surface area contributed by atoms with Gasteiger partial charge in [0.05, 0.1) is 0 Å². The molecule has 0 aromatic heterocycles. The predicted molar refractivity (Wildman–Crippen MR) is 95.2 cm³/mol. The normalized spacial score (nSPS) is 12.0.